The molecular weight excluding hydrogens is 404 g/mol. The van der Waals surface area contributed by atoms with Gasteiger partial charge in [0.15, 0.2) is 0 Å². The summed E-state index contributed by atoms with van der Waals surface area (Å²) in [6.45, 7) is -1.19. The molecular formula is C16H26N6O6S. The number of carbonyl (C=O) groups is 4. The summed E-state index contributed by atoms with van der Waals surface area (Å²) < 4.78 is 0. The molecule has 3 unspecified atom stereocenters. The van der Waals surface area contributed by atoms with E-state index in [1.807, 2.05) is 6.26 Å². The molecule has 0 aliphatic heterocycles. The number of carbonyl (C=O) groups excluding carboxylic acids is 3. The number of H-pyrrole nitrogens is 1. The Labute approximate surface area is 171 Å². The molecule has 1 aromatic heterocycles. The number of aromatic amines is 1. The Morgan fingerprint density at radius 2 is 1.97 bits per heavy atom. The number of aliphatic hydroxyl groups excluding tert-OH is 1. The van der Waals surface area contributed by atoms with Crippen LogP contribution < -0.4 is 21.7 Å². The van der Waals surface area contributed by atoms with E-state index in [1.54, 1.807) is 0 Å². The van der Waals surface area contributed by atoms with E-state index in [-0.39, 0.29) is 6.42 Å². The second kappa shape index (κ2) is 12.7. The monoisotopic (exact) mass is 430 g/mol. The van der Waals surface area contributed by atoms with Gasteiger partial charge in [-0.05, 0) is 18.4 Å². The quantitative estimate of drug-likeness (QED) is 0.173. The zero-order valence-corrected chi connectivity index (χ0v) is 16.7. The van der Waals surface area contributed by atoms with E-state index < -0.39 is 55.0 Å². The van der Waals surface area contributed by atoms with Crippen molar-refractivity contribution in [2.75, 3.05) is 25.2 Å². The van der Waals surface area contributed by atoms with Gasteiger partial charge < -0.3 is 36.9 Å². The van der Waals surface area contributed by atoms with Crippen molar-refractivity contribution >= 4 is 35.5 Å². The van der Waals surface area contributed by atoms with Crippen LogP contribution in [0.5, 0.6) is 0 Å². The summed E-state index contributed by atoms with van der Waals surface area (Å²) in [5.74, 6) is -2.72. The largest absolute Gasteiger partial charge is 0.480 e. The molecule has 0 aromatic carbocycles. The molecule has 0 aliphatic carbocycles. The van der Waals surface area contributed by atoms with Gasteiger partial charge in [-0.25, -0.2) is 9.78 Å². The van der Waals surface area contributed by atoms with Crippen LogP contribution in [0, 0.1) is 0 Å². The predicted octanol–water partition coefficient (Wildman–Crippen LogP) is -2.80. The summed E-state index contributed by atoms with van der Waals surface area (Å²) in [5, 5.41) is 25.4. The van der Waals surface area contributed by atoms with Crippen molar-refractivity contribution in [3.8, 4) is 0 Å². The third kappa shape index (κ3) is 8.93. The van der Waals surface area contributed by atoms with Crippen LogP contribution in [-0.2, 0) is 25.6 Å². The first-order chi connectivity index (χ1) is 13.8. The van der Waals surface area contributed by atoms with Crippen LogP contribution in [0.1, 0.15) is 12.1 Å². The van der Waals surface area contributed by atoms with Crippen molar-refractivity contribution in [2.24, 2.45) is 5.73 Å². The molecule has 0 radical (unpaired) electrons. The van der Waals surface area contributed by atoms with Crippen LogP contribution in [0.3, 0.4) is 0 Å². The molecule has 0 spiro atoms. The summed E-state index contributed by atoms with van der Waals surface area (Å²) in [4.78, 5) is 53.8. The minimum absolute atomic E-state index is 0.0584. The highest BCUT2D eigenvalue weighted by Crippen LogP contribution is 2.00. The fraction of sp³-hybridized carbons (Fsp3) is 0.562. The van der Waals surface area contributed by atoms with Gasteiger partial charge in [0.05, 0.1) is 25.5 Å². The van der Waals surface area contributed by atoms with E-state index in [0.29, 0.717) is 17.9 Å². The average molecular weight is 430 g/mol. The summed E-state index contributed by atoms with van der Waals surface area (Å²) in [6.07, 6.45) is 5.05. The Kier molecular flexibility index (Phi) is 10.7. The van der Waals surface area contributed by atoms with Gasteiger partial charge in [-0.3, -0.25) is 14.4 Å². The molecule has 1 aromatic rings. The highest BCUT2D eigenvalue weighted by atomic mass is 32.2. The topological polar surface area (TPSA) is 200 Å². The highest BCUT2D eigenvalue weighted by molar-refractivity contribution is 7.98. The van der Waals surface area contributed by atoms with E-state index in [2.05, 4.69) is 25.9 Å². The van der Waals surface area contributed by atoms with Crippen molar-refractivity contribution in [1.29, 1.82) is 0 Å². The molecule has 0 bridgehead atoms. The normalized spacial score (nSPS) is 13.8. The molecule has 162 valence electrons. The Bertz CT molecular complexity index is 685. The number of aliphatic hydroxyl groups is 1. The molecule has 3 amide bonds. The van der Waals surface area contributed by atoms with Crippen molar-refractivity contribution in [1.82, 2.24) is 25.9 Å². The second-order valence-electron chi connectivity index (χ2n) is 6.09. The van der Waals surface area contributed by atoms with Crippen LogP contribution in [0.25, 0.3) is 0 Å². The number of amides is 3. The number of carboxylic acid groups (broad SMARTS) is 1. The van der Waals surface area contributed by atoms with Gasteiger partial charge in [-0.15, -0.1) is 0 Å². The molecule has 0 saturated carbocycles. The van der Waals surface area contributed by atoms with Gasteiger partial charge in [0.25, 0.3) is 0 Å². The highest BCUT2D eigenvalue weighted by Gasteiger charge is 2.27. The van der Waals surface area contributed by atoms with E-state index in [0.717, 1.165) is 0 Å². The number of rotatable bonds is 13. The molecule has 13 heteroatoms. The molecule has 8 N–H and O–H groups in total. The minimum atomic E-state index is -1.38. The zero-order valence-electron chi connectivity index (χ0n) is 15.9. The smallest absolute Gasteiger partial charge is 0.326 e. The number of hydrogen-bond donors (Lipinski definition) is 7. The van der Waals surface area contributed by atoms with E-state index >= 15 is 0 Å². The lowest BCUT2D eigenvalue weighted by Crippen LogP contribution is -2.55. The number of carboxylic acids is 1. The first-order valence-electron chi connectivity index (χ1n) is 8.71. The van der Waals surface area contributed by atoms with Crippen molar-refractivity contribution in [3.05, 3.63) is 18.2 Å². The van der Waals surface area contributed by atoms with Crippen LogP contribution in [0.4, 0.5) is 0 Å². The maximum absolute atomic E-state index is 12.2. The number of aliphatic carboxylic acids is 1. The van der Waals surface area contributed by atoms with Crippen LogP contribution in [-0.4, -0.2) is 87.2 Å². The number of aromatic nitrogens is 2. The Balaban J connectivity index is 2.53. The Morgan fingerprint density at radius 3 is 2.52 bits per heavy atom. The predicted molar refractivity (Wildman–Crippen MR) is 105 cm³/mol. The molecule has 1 rings (SSSR count). The SMILES string of the molecule is CSCCC(N)C(=O)NCC(=O)NC(CO)C(=O)NC(Cc1cnc[nH]1)C(=O)O. The maximum atomic E-state index is 12.2. The van der Waals surface area contributed by atoms with Crippen LogP contribution in [0.15, 0.2) is 12.5 Å². The molecule has 29 heavy (non-hydrogen) atoms. The summed E-state index contributed by atoms with van der Waals surface area (Å²) in [6, 6.07) is -3.43. The summed E-state index contributed by atoms with van der Waals surface area (Å²) in [7, 11) is 0. The first-order valence-corrected chi connectivity index (χ1v) is 10.1. The third-order valence-corrected chi connectivity index (χ3v) is 4.46. The molecule has 0 saturated heterocycles. The molecule has 12 nitrogen and oxygen atoms in total. The molecule has 0 aliphatic rings. The van der Waals surface area contributed by atoms with E-state index in [4.69, 9.17) is 5.73 Å². The number of thioether (sulfide) groups is 1. The fourth-order valence-corrected chi connectivity index (χ4v) is 2.69. The summed E-state index contributed by atoms with van der Waals surface area (Å²) >= 11 is 1.54. The Morgan fingerprint density at radius 1 is 1.24 bits per heavy atom. The lowest BCUT2D eigenvalue weighted by Gasteiger charge is -2.20. The average Bonchev–Trinajstić information content (AvgIpc) is 3.20. The van der Waals surface area contributed by atoms with Crippen molar-refractivity contribution < 1.29 is 29.4 Å². The summed E-state index contributed by atoms with van der Waals surface area (Å²) in [5.41, 5.74) is 6.17. The number of hydrogen-bond acceptors (Lipinski definition) is 8. The zero-order chi connectivity index (χ0) is 21.8. The first kappa shape index (κ1) is 24.4. The standard InChI is InChI=1S/C16H26N6O6S/c1-29-3-2-10(17)14(25)19-6-13(24)21-12(7-23)15(26)22-11(16(27)28)4-9-5-18-8-20-9/h5,8,10-12,23H,2-4,6-7,17H2,1H3,(H,18,20)(H,19,25)(H,21,24)(H,22,26)(H,27,28). The van der Waals surface area contributed by atoms with Crippen LogP contribution in [0.2, 0.25) is 0 Å². The van der Waals surface area contributed by atoms with Gasteiger partial charge in [0.1, 0.15) is 12.1 Å². The lowest BCUT2D eigenvalue weighted by atomic mass is 10.1. The number of nitrogens with zero attached hydrogens (tertiary/aromatic N) is 1. The molecule has 0 fully saturated rings. The van der Waals surface area contributed by atoms with E-state index in [9.17, 15) is 29.4 Å². The number of nitrogens with one attached hydrogen (secondary N) is 4. The maximum Gasteiger partial charge on any atom is 0.326 e. The van der Waals surface area contributed by atoms with Crippen molar-refractivity contribution in [2.45, 2.75) is 31.0 Å². The number of nitrogens with two attached hydrogens (primary N) is 1. The number of imidazole rings is 1. The van der Waals surface area contributed by atoms with Crippen molar-refractivity contribution in [3.63, 3.8) is 0 Å². The third-order valence-electron chi connectivity index (χ3n) is 3.82. The van der Waals surface area contributed by atoms with Crippen LogP contribution >= 0.6 is 11.8 Å². The Hall–Kier alpha value is -2.64. The molecule has 3 atom stereocenters. The van der Waals surface area contributed by atoms with Gasteiger partial charge in [-0.2, -0.15) is 11.8 Å². The van der Waals surface area contributed by atoms with E-state index in [1.165, 1.54) is 24.3 Å². The van der Waals surface area contributed by atoms with Gasteiger partial charge in [-0.1, -0.05) is 0 Å². The van der Waals surface area contributed by atoms with Gasteiger partial charge in [0.2, 0.25) is 17.7 Å². The van der Waals surface area contributed by atoms with Gasteiger partial charge >= 0.3 is 5.97 Å². The molecule has 1 heterocycles. The lowest BCUT2D eigenvalue weighted by molar-refractivity contribution is -0.142. The minimum Gasteiger partial charge on any atom is -0.480 e. The second-order valence-corrected chi connectivity index (χ2v) is 7.07. The van der Waals surface area contributed by atoms with Gasteiger partial charge in [0, 0.05) is 18.3 Å². The fourth-order valence-electron chi connectivity index (χ4n) is 2.20.